The molecule has 0 radical (unpaired) electrons. The average Bonchev–Trinajstić information content (AvgIpc) is 2.32. The Balaban J connectivity index is 2.07. The highest BCUT2D eigenvalue weighted by molar-refractivity contribution is 6.18. The molecule has 0 spiro atoms. The van der Waals surface area contributed by atoms with Gasteiger partial charge in [0.15, 0.2) is 0 Å². The standard InChI is InChI=1S/C10H14ClN3O/c11-8-10(1-5-15-6-2-10)14-9-7-12-3-4-13-9/h3-4,7H,1-2,5-6,8H2,(H,13,14). The highest BCUT2D eigenvalue weighted by Crippen LogP contribution is 2.26. The van der Waals surface area contributed by atoms with E-state index in [9.17, 15) is 0 Å². The van der Waals surface area contributed by atoms with Crippen LogP contribution in [0.1, 0.15) is 12.8 Å². The fourth-order valence-electron chi connectivity index (χ4n) is 1.69. The van der Waals surface area contributed by atoms with Gasteiger partial charge in [0, 0.05) is 31.5 Å². The number of hydrogen-bond donors (Lipinski definition) is 1. The van der Waals surface area contributed by atoms with Crippen molar-refractivity contribution < 1.29 is 4.74 Å². The molecular formula is C10H14ClN3O. The van der Waals surface area contributed by atoms with Crippen LogP contribution in [0.25, 0.3) is 0 Å². The summed E-state index contributed by atoms with van der Waals surface area (Å²) in [5.74, 6) is 1.34. The molecule has 0 amide bonds. The molecular weight excluding hydrogens is 214 g/mol. The van der Waals surface area contributed by atoms with Crippen molar-refractivity contribution in [2.24, 2.45) is 0 Å². The minimum absolute atomic E-state index is 0.0875. The van der Waals surface area contributed by atoms with Gasteiger partial charge in [0.05, 0.1) is 11.7 Å². The first-order chi connectivity index (χ1) is 7.35. The van der Waals surface area contributed by atoms with E-state index in [0.717, 1.165) is 31.9 Å². The van der Waals surface area contributed by atoms with Crippen LogP contribution in [0.2, 0.25) is 0 Å². The topological polar surface area (TPSA) is 47.0 Å². The van der Waals surface area contributed by atoms with Crippen LogP contribution in [0, 0.1) is 0 Å². The third-order valence-electron chi connectivity index (χ3n) is 2.66. The minimum atomic E-state index is -0.0875. The molecule has 1 N–H and O–H groups in total. The summed E-state index contributed by atoms with van der Waals surface area (Å²) in [5.41, 5.74) is -0.0875. The smallest absolute Gasteiger partial charge is 0.144 e. The van der Waals surface area contributed by atoms with E-state index in [-0.39, 0.29) is 5.54 Å². The predicted molar refractivity (Wildman–Crippen MR) is 59.2 cm³/mol. The summed E-state index contributed by atoms with van der Waals surface area (Å²) in [6.45, 7) is 1.50. The van der Waals surface area contributed by atoms with Gasteiger partial charge in [-0.25, -0.2) is 4.98 Å². The highest BCUT2D eigenvalue weighted by Gasteiger charge is 2.31. The lowest BCUT2D eigenvalue weighted by Crippen LogP contribution is -2.45. The molecule has 82 valence electrons. The maximum atomic E-state index is 6.02. The van der Waals surface area contributed by atoms with Crippen LogP contribution in [0.5, 0.6) is 0 Å². The van der Waals surface area contributed by atoms with E-state index in [1.165, 1.54) is 0 Å². The minimum Gasteiger partial charge on any atom is -0.381 e. The van der Waals surface area contributed by atoms with Crippen molar-refractivity contribution in [2.75, 3.05) is 24.4 Å². The second-order valence-electron chi connectivity index (χ2n) is 3.74. The van der Waals surface area contributed by atoms with Crippen LogP contribution in [-0.2, 0) is 4.74 Å². The van der Waals surface area contributed by atoms with Gasteiger partial charge in [0.2, 0.25) is 0 Å². The zero-order valence-electron chi connectivity index (χ0n) is 8.45. The number of aromatic nitrogens is 2. The van der Waals surface area contributed by atoms with Gasteiger partial charge in [0.1, 0.15) is 5.82 Å². The lowest BCUT2D eigenvalue weighted by Gasteiger charge is -2.36. The number of alkyl halides is 1. The van der Waals surface area contributed by atoms with Gasteiger partial charge in [-0.05, 0) is 12.8 Å². The molecule has 1 fully saturated rings. The monoisotopic (exact) mass is 227 g/mol. The Hall–Kier alpha value is -0.870. The Morgan fingerprint density at radius 2 is 2.20 bits per heavy atom. The average molecular weight is 228 g/mol. The molecule has 2 rings (SSSR count). The van der Waals surface area contributed by atoms with E-state index < -0.39 is 0 Å². The quantitative estimate of drug-likeness (QED) is 0.799. The first-order valence-corrected chi connectivity index (χ1v) is 5.56. The molecule has 0 unspecified atom stereocenters. The molecule has 0 aliphatic carbocycles. The summed E-state index contributed by atoms with van der Waals surface area (Å²) < 4.78 is 5.33. The fourth-order valence-corrected chi connectivity index (χ4v) is 2.02. The van der Waals surface area contributed by atoms with Gasteiger partial charge >= 0.3 is 0 Å². The predicted octanol–water partition coefficient (Wildman–Crippen LogP) is 1.68. The van der Waals surface area contributed by atoms with Gasteiger partial charge in [-0.3, -0.25) is 4.98 Å². The Morgan fingerprint density at radius 3 is 2.80 bits per heavy atom. The van der Waals surface area contributed by atoms with Gasteiger partial charge in [-0.1, -0.05) is 0 Å². The molecule has 5 heteroatoms. The number of halogens is 1. The number of ether oxygens (including phenoxy) is 1. The van der Waals surface area contributed by atoms with Crippen molar-refractivity contribution >= 4 is 17.4 Å². The Kier molecular flexibility index (Phi) is 3.38. The molecule has 15 heavy (non-hydrogen) atoms. The molecule has 1 aliphatic rings. The summed E-state index contributed by atoms with van der Waals surface area (Å²) in [4.78, 5) is 8.21. The second kappa shape index (κ2) is 4.77. The highest BCUT2D eigenvalue weighted by atomic mass is 35.5. The zero-order valence-corrected chi connectivity index (χ0v) is 9.20. The molecule has 0 bridgehead atoms. The number of hydrogen-bond acceptors (Lipinski definition) is 4. The van der Waals surface area contributed by atoms with E-state index in [1.807, 2.05) is 0 Å². The third kappa shape index (κ3) is 2.58. The molecule has 0 atom stereocenters. The van der Waals surface area contributed by atoms with Gasteiger partial charge in [0.25, 0.3) is 0 Å². The van der Waals surface area contributed by atoms with E-state index >= 15 is 0 Å². The van der Waals surface area contributed by atoms with E-state index in [4.69, 9.17) is 16.3 Å². The first kappa shape index (κ1) is 10.6. The second-order valence-corrected chi connectivity index (χ2v) is 4.01. The van der Waals surface area contributed by atoms with Crippen molar-refractivity contribution in [1.29, 1.82) is 0 Å². The van der Waals surface area contributed by atoms with Gasteiger partial charge in [-0.15, -0.1) is 11.6 Å². The van der Waals surface area contributed by atoms with Crippen LogP contribution in [0.15, 0.2) is 18.6 Å². The number of anilines is 1. The van der Waals surface area contributed by atoms with Crippen LogP contribution < -0.4 is 5.32 Å². The number of nitrogens with zero attached hydrogens (tertiary/aromatic N) is 2. The van der Waals surface area contributed by atoms with E-state index in [1.54, 1.807) is 18.6 Å². The molecule has 1 aromatic rings. The maximum Gasteiger partial charge on any atom is 0.144 e. The molecule has 0 saturated carbocycles. The molecule has 1 aromatic heterocycles. The van der Waals surface area contributed by atoms with Crippen molar-refractivity contribution in [1.82, 2.24) is 9.97 Å². The van der Waals surface area contributed by atoms with E-state index in [2.05, 4.69) is 15.3 Å². The zero-order chi connectivity index (χ0) is 10.6. The van der Waals surface area contributed by atoms with Gasteiger partial charge < -0.3 is 10.1 Å². The lowest BCUT2D eigenvalue weighted by molar-refractivity contribution is 0.0666. The lowest BCUT2D eigenvalue weighted by atomic mass is 9.92. The molecule has 1 saturated heterocycles. The van der Waals surface area contributed by atoms with Crippen molar-refractivity contribution in [3.63, 3.8) is 0 Å². The van der Waals surface area contributed by atoms with Crippen molar-refractivity contribution in [2.45, 2.75) is 18.4 Å². The summed E-state index contributed by atoms with van der Waals surface area (Å²) in [5, 5.41) is 3.36. The van der Waals surface area contributed by atoms with Crippen LogP contribution >= 0.6 is 11.6 Å². The molecule has 0 aromatic carbocycles. The normalized spacial score (nSPS) is 19.8. The van der Waals surface area contributed by atoms with Crippen molar-refractivity contribution in [3.8, 4) is 0 Å². The van der Waals surface area contributed by atoms with E-state index in [0.29, 0.717) is 5.88 Å². The van der Waals surface area contributed by atoms with Gasteiger partial charge in [-0.2, -0.15) is 0 Å². The van der Waals surface area contributed by atoms with Crippen LogP contribution in [0.4, 0.5) is 5.82 Å². The maximum absolute atomic E-state index is 6.02. The Morgan fingerprint density at radius 1 is 1.40 bits per heavy atom. The molecule has 2 heterocycles. The summed E-state index contributed by atoms with van der Waals surface area (Å²) in [7, 11) is 0. The third-order valence-corrected chi connectivity index (χ3v) is 3.17. The molecule has 1 aliphatic heterocycles. The summed E-state index contributed by atoms with van der Waals surface area (Å²) in [6.07, 6.45) is 6.86. The van der Waals surface area contributed by atoms with Crippen LogP contribution in [0.3, 0.4) is 0 Å². The number of nitrogens with one attached hydrogen (secondary N) is 1. The largest absolute Gasteiger partial charge is 0.381 e. The van der Waals surface area contributed by atoms with Crippen LogP contribution in [-0.4, -0.2) is 34.6 Å². The first-order valence-electron chi connectivity index (χ1n) is 5.03. The SMILES string of the molecule is ClCC1(Nc2cnccn2)CCOCC1. The number of rotatable bonds is 3. The van der Waals surface area contributed by atoms with Crippen molar-refractivity contribution in [3.05, 3.63) is 18.6 Å². The fraction of sp³-hybridized carbons (Fsp3) is 0.600. The molecule has 4 nitrogen and oxygen atoms in total. The summed E-state index contributed by atoms with van der Waals surface area (Å²) in [6, 6.07) is 0. The Bertz CT molecular complexity index is 301. The summed E-state index contributed by atoms with van der Waals surface area (Å²) >= 11 is 6.02. The Labute approximate surface area is 94.0 Å².